The number of esters is 1. The van der Waals surface area contributed by atoms with Gasteiger partial charge in [-0.25, -0.2) is 0 Å². The lowest BCUT2D eigenvalue weighted by Gasteiger charge is -2.19. The average Bonchev–Trinajstić information content (AvgIpc) is 2.38. The van der Waals surface area contributed by atoms with Crippen molar-refractivity contribution in [2.24, 2.45) is 0 Å². The zero-order valence-corrected chi connectivity index (χ0v) is 15.2. The van der Waals surface area contributed by atoms with Gasteiger partial charge in [-0.1, -0.05) is 64.7 Å². The second-order valence-electron chi connectivity index (χ2n) is 7.23. The first kappa shape index (κ1) is 21.1. The summed E-state index contributed by atoms with van der Waals surface area (Å²) in [4.78, 5) is 23.2. The summed E-state index contributed by atoms with van der Waals surface area (Å²) in [5, 5.41) is 0. The largest absolute Gasteiger partial charge is 0.460 e. The molecule has 0 aliphatic rings. The van der Waals surface area contributed by atoms with Crippen LogP contribution in [0.2, 0.25) is 0 Å². The molecule has 3 heteroatoms. The molecule has 0 N–H and O–H groups in total. The van der Waals surface area contributed by atoms with Crippen molar-refractivity contribution in [3.8, 4) is 0 Å². The molecule has 3 nitrogen and oxygen atoms in total. The number of carbonyl (C=O) groups is 2. The Labute approximate surface area is 137 Å². The highest BCUT2D eigenvalue weighted by molar-refractivity contribution is 5.95. The lowest BCUT2D eigenvalue weighted by atomic mass is 10.0. The molecule has 0 aliphatic carbocycles. The maximum Gasteiger partial charge on any atom is 0.313 e. The molecule has 0 spiro atoms. The molecule has 130 valence electrons. The highest BCUT2D eigenvalue weighted by Crippen LogP contribution is 2.13. The van der Waals surface area contributed by atoms with Crippen LogP contribution in [0.15, 0.2) is 0 Å². The summed E-state index contributed by atoms with van der Waals surface area (Å²) in [5.41, 5.74) is -0.505. The number of hydrogen-bond acceptors (Lipinski definition) is 3. The summed E-state index contributed by atoms with van der Waals surface area (Å²) >= 11 is 0. The first-order valence-electron chi connectivity index (χ1n) is 9.08. The van der Waals surface area contributed by atoms with Crippen molar-refractivity contribution < 1.29 is 14.3 Å². The van der Waals surface area contributed by atoms with Crippen molar-refractivity contribution in [2.75, 3.05) is 0 Å². The third-order valence-electron chi connectivity index (χ3n) is 3.57. The molecule has 0 aromatic carbocycles. The standard InChI is InChI=1S/C19H36O3/c1-5-6-7-8-9-10-11-12-13-14-15-17(20)16-18(21)22-19(2,3)4/h5-16H2,1-4H3. The van der Waals surface area contributed by atoms with Gasteiger partial charge in [-0.3, -0.25) is 9.59 Å². The monoisotopic (exact) mass is 312 g/mol. The van der Waals surface area contributed by atoms with Crippen LogP contribution in [0.25, 0.3) is 0 Å². The van der Waals surface area contributed by atoms with Crippen LogP contribution in [0.3, 0.4) is 0 Å². The number of rotatable bonds is 13. The van der Waals surface area contributed by atoms with Crippen molar-refractivity contribution in [1.29, 1.82) is 0 Å². The van der Waals surface area contributed by atoms with Crippen LogP contribution in [0, 0.1) is 0 Å². The van der Waals surface area contributed by atoms with Crippen molar-refractivity contribution >= 4 is 11.8 Å². The highest BCUT2D eigenvalue weighted by atomic mass is 16.6. The molecule has 0 rings (SSSR count). The Balaban J connectivity index is 3.40. The fourth-order valence-electron chi connectivity index (χ4n) is 2.44. The van der Waals surface area contributed by atoms with Crippen LogP contribution in [-0.2, 0) is 14.3 Å². The van der Waals surface area contributed by atoms with Gasteiger partial charge in [-0.2, -0.15) is 0 Å². The number of hydrogen-bond donors (Lipinski definition) is 0. The van der Waals surface area contributed by atoms with Gasteiger partial charge in [-0.05, 0) is 27.2 Å². The molecular formula is C19H36O3. The number of ketones is 1. The average molecular weight is 312 g/mol. The second-order valence-corrected chi connectivity index (χ2v) is 7.23. The van der Waals surface area contributed by atoms with Gasteiger partial charge in [-0.15, -0.1) is 0 Å². The van der Waals surface area contributed by atoms with E-state index in [1.807, 2.05) is 20.8 Å². The SMILES string of the molecule is CCCCCCCCCCCCC(=O)CC(=O)OC(C)(C)C. The third-order valence-corrected chi connectivity index (χ3v) is 3.57. The number of ether oxygens (including phenoxy) is 1. The first-order chi connectivity index (χ1) is 10.3. The van der Waals surface area contributed by atoms with E-state index in [-0.39, 0.29) is 12.2 Å². The summed E-state index contributed by atoms with van der Waals surface area (Å²) in [7, 11) is 0. The van der Waals surface area contributed by atoms with E-state index in [2.05, 4.69) is 6.92 Å². The number of carbonyl (C=O) groups excluding carboxylic acids is 2. The van der Waals surface area contributed by atoms with Crippen molar-refractivity contribution in [1.82, 2.24) is 0 Å². The lowest BCUT2D eigenvalue weighted by molar-refractivity contribution is -0.156. The first-order valence-corrected chi connectivity index (χ1v) is 9.08. The van der Waals surface area contributed by atoms with E-state index in [1.54, 1.807) is 0 Å². The van der Waals surface area contributed by atoms with E-state index in [0.717, 1.165) is 12.8 Å². The fraction of sp³-hybridized carbons (Fsp3) is 0.895. The van der Waals surface area contributed by atoms with Crippen LogP contribution in [-0.4, -0.2) is 17.4 Å². The van der Waals surface area contributed by atoms with E-state index in [4.69, 9.17) is 4.74 Å². The molecule has 0 heterocycles. The minimum atomic E-state index is -0.505. The molecule has 0 amide bonds. The molecule has 0 saturated heterocycles. The summed E-state index contributed by atoms with van der Waals surface area (Å²) in [6.07, 6.45) is 13.0. The fourth-order valence-corrected chi connectivity index (χ4v) is 2.44. The van der Waals surface area contributed by atoms with E-state index >= 15 is 0 Å². The molecule has 0 saturated carbocycles. The van der Waals surface area contributed by atoms with E-state index in [9.17, 15) is 9.59 Å². The Hall–Kier alpha value is -0.860. The van der Waals surface area contributed by atoms with Gasteiger partial charge in [0.25, 0.3) is 0 Å². The zero-order valence-electron chi connectivity index (χ0n) is 15.2. The van der Waals surface area contributed by atoms with Gasteiger partial charge >= 0.3 is 5.97 Å². The van der Waals surface area contributed by atoms with Gasteiger partial charge in [0.2, 0.25) is 0 Å². The highest BCUT2D eigenvalue weighted by Gasteiger charge is 2.18. The predicted octanol–water partition coefficient (Wildman–Crippen LogP) is 5.60. The maximum atomic E-state index is 11.7. The Kier molecular flexibility index (Phi) is 12.2. The Morgan fingerprint density at radius 3 is 1.68 bits per heavy atom. The lowest BCUT2D eigenvalue weighted by Crippen LogP contribution is -2.25. The van der Waals surface area contributed by atoms with E-state index in [1.165, 1.54) is 51.4 Å². The summed E-state index contributed by atoms with van der Waals surface area (Å²) in [6.45, 7) is 7.69. The van der Waals surface area contributed by atoms with Gasteiger partial charge in [0, 0.05) is 6.42 Å². The summed E-state index contributed by atoms with van der Waals surface area (Å²) in [6, 6.07) is 0. The normalized spacial score (nSPS) is 11.5. The Morgan fingerprint density at radius 2 is 1.23 bits per heavy atom. The Morgan fingerprint density at radius 1 is 0.773 bits per heavy atom. The zero-order chi connectivity index (χ0) is 16.8. The van der Waals surface area contributed by atoms with Gasteiger partial charge in [0.15, 0.2) is 0 Å². The van der Waals surface area contributed by atoms with Crippen molar-refractivity contribution in [2.45, 2.75) is 110 Å². The number of Topliss-reactive ketones (excluding diaryl/α,β-unsaturated/α-hetero) is 1. The predicted molar refractivity (Wildman–Crippen MR) is 91.9 cm³/mol. The molecule has 0 radical (unpaired) electrons. The van der Waals surface area contributed by atoms with Gasteiger partial charge in [0.05, 0.1) is 0 Å². The van der Waals surface area contributed by atoms with Crippen LogP contribution >= 0.6 is 0 Å². The van der Waals surface area contributed by atoms with Crippen LogP contribution in [0.5, 0.6) is 0 Å². The second kappa shape index (κ2) is 12.7. The molecule has 0 aliphatic heterocycles. The van der Waals surface area contributed by atoms with E-state index < -0.39 is 11.6 Å². The molecule has 0 fully saturated rings. The van der Waals surface area contributed by atoms with Gasteiger partial charge < -0.3 is 4.74 Å². The molecule has 0 aromatic heterocycles. The summed E-state index contributed by atoms with van der Waals surface area (Å²) < 4.78 is 5.15. The molecule has 0 bridgehead atoms. The van der Waals surface area contributed by atoms with Crippen molar-refractivity contribution in [3.05, 3.63) is 0 Å². The molecule has 0 unspecified atom stereocenters. The van der Waals surface area contributed by atoms with Crippen LogP contribution < -0.4 is 0 Å². The van der Waals surface area contributed by atoms with Crippen LogP contribution in [0.1, 0.15) is 105 Å². The quantitative estimate of drug-likeness (QED) is 0.252. The minimum absolute atomic E-state index is 0.00816. The van der Waals surface area contributed by atoms with E-state index in [0.29, 0.717) is 6.42 Å². The minimum Gasteiger partial charge on any atom is -0.460 e. The molecular weight excluding hydrogens is 276 g/mol. The Bertz CT molecular complexity index is 302. The van der Waals surface area contributed by atoms with Gasteiger partial charge in [0.1, 0.15) is 17.8 Å². The smallest absolute Gasteiger partial charge is 0.313 e. The number of unbranched alkanes of at least 4 members (excludes halogenated alkanes) is 9. The molecule has 0 atom stereocenters. The third kappa shape index (κ3) is 15.5. The molecule has 22 heavy (non-hydrogen) atoms. The maximum absolute atomic E-state index is 11.7. The summed E-state index contributed by atoms with van der Waals surface area (Å²) in [5.74, 6) is -0.390. The molecule has 0 aromatic rings. The van der Waals surface area contributed by atoms with Crippen LogP contribution in [0.4, 0.5) is 0 Å². The topological polar surface area (TPSA) is 43.4 Å². The van der Waals surface area contributed by atoms with Crippen molar-refractivity contribution in [3.63, 3.8) is 0 Å².